The first kappa shape index (κ1) is 15.5. The molecule has 0 aromatic heterocycles. The van der Waals surface area contributed by atoms with Gasteiger partial charge in [-0.25, -0.2) is 0 Å². The van der Waals surface area contributed by atoms with Gasteiger partial charge in [0.2, 0.25) is 0 Å². The minimum Gasteiger partial charge on any atom is -0.456 e. The Bertz CT molecular complexity index is 660. The Morgan fingerprint density at radius 2 is 2.00 bits per heavy atom. The van der Waals surface area contributed by atoms with Crippen molar-refractivity contribution in [2.45, 2.75) is 19.4 Å². The first-order valence-corrected chi connectivity index (χ1v) is 7.21. The summed E-state index contributed by atoms with van der Waals surface area (Å²) in [4.78, 5) is 10.4. The van der Waals surface area contributed by atoms with Crippen LogP contribution in [-0.2, 0) is 0 Å². The van der Waals surface area contributed by atoms with Gasteiger partial charge in [0.25, 0.3) is 5.69 Å². The van der Waals surface area contributed by atoms with Gasteiger partial charge in [-0.1, -0.05) is 25.1 Å². The van der Waals surface area contributed by atoms with E-state index >= 15 is 0 Å². The molecular formula is C15H14BrNO4. The minimum absolute atomic E-state index is 0.0540. The molecule has 6 heteroatoms. The summed E-state index contributed by atoms with van der Waals surface area (Å²) in [6, 6.07) is 11.4. The number of nitrogens with zero attached hydrogens (tertiary/aromatic N) is 1. The van der Waals surface area contributed by atoms with Crippen LogP contribution in [0.3, 0.4) is 0 Å². The highest BCUT2D eigenvalue weighted by molar-refractivity contribution is 9.10. The van der Waals surface area contributed by atoms with Crippen molar-refractivity contribution < 1.29 is 14.8 Å². The first-order valence-electron chi connectivity index (χ1n) is 6.41. The van der Waals surface area contributed by atoms with E-state index in [9.17, 15) is 15.2 Å². The Kier molecular flexibility index (Phi) is 4.93. The molecule has 1 N–H and O–H groups in total. The fourth-order valence-electron chi connectivity index (χ4n) is 1.87. The molecule has 0 saturated carbocycles. The largest absolute Gasteiger partial charge is 0.456 e. The van der Waals surface area contributed by atoms with Crippen LogP contribution in [-0.4, -0.2) is 10.0 Å². The summed E-state index contributed by atoms with van der Waals surface area (Å²) < 4.78 is 6.35. The van der Waals surface area contributed by atoms with Crippen LogP contribution in [0.2, 0.25) is 0 Å². The number of nitro groups is 1. The zero-order valence-electron chi connectivity index (χ0n) is 11.3. The van der Waals surface area contributed by atoms with Gasteiger partial charge in [-0.2, -0.15) is 0 Å². The summed E-state index contributed by atoms with van der Waals surface area (Å²) in [5, 5.41) is 20.8. The molecular weight excluding hydrogens is 338 g/mol. The van der Waals surface area contributed by atoms with Crippen LogP contribution >= 0.6 is 15.9 Å². The first-order chi connectivity index (χ1) is 10.0. The van der Waals surface area contributed by atoms with Crippen LogP contribution in [0.5, 0.6) is 11.5 Å². The third-order valence-electron chi connectivity index (χ3n) is 3.01. The summed E-state index contributed by atoms with van der Waals surface area (Å²) >= 11 is 3.31. The average molecular weight is 352 g/mol. The molecule has 0 spiro atoms. The van der Waals surface area contributed by atoms with Gasteiger partial charge in [-0.15, -0.1) is 0 Å². The summed E-state index contributed by atoms with van der Waals surface area (Å²) in [5.74, 6) is 0.813. The Hall–Kier alpha value is -1.92. The van der Waals surface area contributed by atoms with Crippen molar-refractivity contribution in [3.8, 4) is 11.5 Å². The smallest absolute Gasteiger partial charge is 0.273 e. The lowest BCUT2D eigenvalue weighted by Crippen LogP contribution is -1.99. The number of ether oxygens (including phenoxy) is 1. The molecule has 0 heterocycles. The van der Waals surface area contributed by atoms with Crippen LogP contribution in [0, 0.1) is 10.1 Å². The van der Waals surface area contributed by atoms with Gasteiger partial charge in [0.1, 0.15) is 11.5 Å². The normalized spacial score (nSPS) is 12.0. The molecule has 0 bridgehead atoms. The zero-order valence-corrected chi connectivity index (χ0v) is 12.9. The molecule has 0 fully saturated rings. The molecule has 0 aliphatic carbocycles. The number of hydrogen-bond acceptors (Lipinski definition) is 4. The van der Waals surface area contributed by atoms with Gasteiger partial charge in [0.05, 0.1) is 21.6 Å². The predicted molar refractivity (Wildman–Crippen MR) is 82.6 cm³/mol. The van der Waals surface area contributed by atoms with Crippen LogP contribution in [0.15, 0.2) is 46.9 Å². The predicted octanol–water partition coefficient (Wildman–Crippen LogP) is 4.59. The van der Waals surface area contributed by atoms with Crippen molar-refractivity contribution in [2.75, 3.05) is 0 Å². The average Bonchev–Trinajstić information content (AvgIpc) is 2.49. The number of aliphatic hydroxyl groups excluding tert-OH is 1. The number of benzene rings is 2. The van der Waals surface area contributed by atoms with E-state index in [2.05, 4.69) is 15.9 Å². The number of halogens is 1. The highest BCUT2D eigenvalue weighted by Crippen LogP contribution is 2.36. The van der Waals surface area contributed by atoms with Crippen molar-refractivity contribution in [2.24, 2.45) is 0 Å². The van der Waals surface area contributed by atoms with Crippen molar-refractivity contribution in [1.29, 1.82) is 0 Å². The van der Waals surface area contributed by atoms with E-state index in [0.717, 1.165) is 0 Å². The number of hydrogen-bond donors (Lipinski definition) is 1. The Labute approximate surface area is 130 Å². The quantitative estimate of drug-likeness (QED) is 0.631. The third kappa shape index (κ3) is 3.59. The van der Waals surface area contributed by atoms with Crippen molar-refractivity contribution in [1.82, 2.24) is 0 Å². The fraction of sp³-hybridized carbons (Fsp3) is 0.200. The molecule has 1 atom stereocenters. The summed E-state index contributed by atoms with van der Waals surface area (Å²) in [6.45, 7) is 1.87. The SMILES string of the molecule is CCC(O)c1ccccc1Oc1cc([N+](=O)[O-])ccc1Br. The molecule has 0 amide bonds. The molecule has 5 nitrogen and oxygen atoms in total. The summed E-state index contributed by atoms with van der Waals surface area (Å²) in [5.41, 5.74) is 0.597. The number of non-ortho nitro benzene ring substituents is 1. The van der Waals surface area contributed by atoms with E-state index in [0.29, 0.717) is 28.0 Å². The van der Waals surface area contributed by atoms with Crippen LogP contribution in [0.4, 0.5) is 5.69 Å². The lowest BCUT2D eigenvalue weighted by molar-refractivity contribution is -0.384. The van der Waals surface area contributed by atoms with E-state index in [4.69, 9.17) is 4.74 Å². The zero-order chi connectivity index (χ0) is 15.4. The van der Waals surface area contributed by atoms with Gasteiger partial charge in [0.15, 0.2) is 0 Å². The third-order valence-corrected chi connectivity index (χ3v) is 3.67. The van der Waals surface area contributed by atoms with Crippen molar-refractivity contribution in [3.05, 3.63) is 62.6 Å². The number of para-hydroxylation sites is 1. The molecule has 2 rings (SSSR count). The van der Waals surface area contributed by atoms with Crippen LogP contribution in [0.1, 0.15) is 25.0 Å². The van der Waals surface area contributed by atoms with E-state index < -0.39 is 11.0 Å². The number of nitro benzene ring substituents is 1. The molecule has 1 unspecified atom stereocenters. The molecule has 0 aliphatic rings. The van der Waals surface area contributed by atoms with Gasteiger partial charge in [-0.05, 0) is 34.5 Å². The molecule has 21 heavy (non-hydrogen) atoms. The second-order valence-electron chi connectivity index (χ2n) is 4.44. The minimum atomic E-state index is -0.640. The van der Waals surface area contributed by atoms with Gasteiger partial charge < -0.3 is 9.84 Å². The maximum absolute atomic E-state index is 10.8. The van der Waals surface area contributed by atoms with Gasteiger partial charge in [0, 0.05) is 11.6 Å². The van der Waals surface area contributed by atoms with Crippen LogP contribution in [0.25, 0.3) is 0 Å². The summed E-state index contributed by atoms with van der Waals surface area (Å²) in [6.07, 6.45) is -0.0881. The maximum Gasteiger partial charge on any atom is 0.273 e. The van der Waals surface area contributed by atoms with Gasteiger partial charge >= 0.3 is 0 Å². The topological polar surface area (TPSA) is 72.6 Å². The Balaban J connectivity index is 2.38. The molecule has 0 saturated heterocycles. The maximum atomic E-state index is 10.8. The number of aliphatic hydroxyl groups is 1. The second-order valence-corrected chi connectivity index (χ2v) is 5.29. The molecule has 2 aromatic rings. The number of rotatable bonds is 5. The van der Waals surface area contributed by atoms with E-state index in [1.807, 2.05) is 13.0 Å². The lowest BCUT2D eigenvalue weighted by atomic mass is 10.1. The van der Waals surface area contributed by atoms with Crippen molar-refractivity contribution >= 4 is 21.6 Å². The standard InChI is InChI=1S/C15H14BrNO4/c1-2-13(18)11-5-3-4-6-14(11)21-15-9-10(17(19)20)7-8-12(15)16/h3-9,13,18H,2H2,1H3. The lowest BCUT2D eigenvalue weighted by Gasteiger charge is -2.15. The van der Waals surface area contributed by atoms with E-state index in [-0.39, 0.29) is 5.69 Å². The van der Waals surface area contributed by atoms with E-state index in [1.165, 1.54) is 12.1 Å². The fourth-order valence-corrected chi connectivity index (χ4v) is 2.20. The Morgan fingerprint density at radius 3 is 2.67 bits per heavy atom. The molecule has 2 aromatic carbocycles. The van der Waals surface area contributed by atoms with Gasteiger partial charge in [-0.3, -0.25) is 10.1 Å². The second kappa shape index (κ2) is 6.69. The van der Waals surface area contributed by atoms with E-state index in [1.54, 1.807) is 24.3 Å². The Morgan fingerprint density at radius 1 is 1.29 bits per heavy atom. The monoisotopic (exact) mass is 351 g/mol. The molecule has 110 valence electrons. The molecule has 0 aliphatic heterocycles. The highest BCUT2D eigenvalue weighted by Gasteiger charge is 2.15. The molecule has 0 radical (unpaired) electrons. The van der Waals surface area contributed by atoms with Crippen LogP contribution < -0.4 is 4.74 Å². The van der Waals surface area contributed by atoms with Crippen molar-refractivity contribution in [3.63, 3.8) is 0 Å². The summed E-state index contributed by atoms with van der Waals surface area (Å²) in [7, 11) is 0. The highest BCUT2D eigenvalue weighted by atomic mass is 79.9.